The number of hydrogen-bond acceptors (Lipinski definition) is 3. The van der Waals surface area contributed by atoms with Crippen molar-refractivity contribution in [2.75, 3.05) is 39.8 Å². The average Bonchev–Trinajstić information content (AvgIpc) is 2.50. The predicted octanol–water partition coefficient (Wildman–Crippen LogP) is 2.79. The van der Waals surface area contributed by atoms with Gasteiger partial charge in [0.25, 0.3) is 0 Å². The third-order valence-electron chi connectivity index (χ3n) is 4.32. The van der Waals surface area contributed by atoms with Crippen molar-refractivity contribution >= 4 is 17.5 Å². The summed E-state index contributed by atoms with van der Waals surface area (Å²) in [6.07, 6.45) is 0.579. The highest BCUT2D eigenvalue weighted by Crippen LogP contribution is 2.23. The maximum absolute atomic E-state index is 12.0. The van der Waals surface area contributed by atoms with Gasteiger partial charge in [0.05, 0.1) is 6.04 Å². The van der Waals surface area contributed by atoms with Gasteiger partial charge in [-0.25, -0.2) is 0 Å². The second-order valence-corrected chi connectivity index (χ2v) is 7.25. The van der Waals surface area contributed by atoms with E-state index in [1.165, 1.54) is 5.56 Å². The van der Waals surface area contributed by atoms with Gasteiger partial charge in [-0.05, 0) is 30.7 Å². The highest BCUT2D eigenvalue weighted by atomic mass is 35.5. The van der Waals surface area contributed by atoms with Gasteiger partial charge in [-0.2, -0.15) is 0 Å². The Morgan fingerprint density at radius 2 is 1.78 bits per heavy atom. The lowest BCUT2D eigenvalue weighted by Gasteiger charge is -2.38. The molecule has 23 heavy (non-hydrogen) atoms. The lowest BCUT2D eigenvalue weighted by molar-refractivity contribution is -0.122. The number of piperazine rings is 1. The molecule has 1 heterocycles. The molecule has 128 valence electrons. The van der Waals surface area contributed by atoms with Gasteiger partial charge in [-0.1, -0.05) is 37.6 Å². The number of nitrogens with one attached hydrogen (secondary N) is 1. The van der Waals surface area contributed by atoms with Crippen molar-refractivity contribution in [2.24, 2.45) is 5.92 Å². The van der Waals surface area contributed by atoms with Crippen LogP contribution in [0, 0.1) is 5.92 Å². The number of likely N-dealkylation sites (N-methyl/N-ethyl adjacent to an activating group) is 1. The van der Waals surface area contributed by atoms with Crippen LogP contribution in [0.1, 0.15) is 31.9 Å². The molecule has 0 spiro atoms. The summed E-state index contributed by atoms with van der Waals surface area (Å²) < 4.78 is 0. The van der Waals surface area contributed by atoms with E-state index in [2.05, 4.69) is 48.1 Å². The Morgan fingerprint density at radius 3 is 2.35 bits per heavy atom. The van der Waals surface area contributed by atoms with E-state index in [0.29, 0.717) is 18.9 Å². The summed E-state index contributed by atoms with van der Waals surface area (Å²) in [5.41, 5.74) is 1.21. The summed E-state index contributed by atoms with van der Waals surface area (Å²) in [5, 5.41) is 3.85. The molecule has 1 aliphatic rings. The summed E-state index contributed by atoms with van der Waals surface area (Å²) in [6.45, 7) is 8.94. The Bertz CT molecular complexity index is 495. The Morgan fingerprint density at radius 1 is 1.17 bits per heavy atom. The van der Waals surface area contributed by atoms with Crippen LogP contribution in [-0.4, -0.2) is 55.5 Å². The third kappa shape index (κ3) is 5.79. The minimum atomic E-state index is 0.132. The Balaban J connectivity index is 2.05. The number of amides is 1. The summed E-state index contributed by atoms with van der Waals surface area (Å²) in [6, 6.07) is 8.20. The molecule has 1 atom stereocenters. The summed E-state index contributed by atoms with van der Waals surface area (Å²) in [7, 11) is 2.15. The van der Waals surface area contributed by atoms with Crippen LogP contribution in [0.2, 0.25) is 5.02 Å². The summed E-state index contributed by atoms with van der Waals surface area (Å²) >= 11 is 6.02. The molecule has 4 nitrogen and oxygen atoms in total. The van der Waals surface area contributed by atoms with Gasteiger partial charge in [0.2, 0.25) is 5.91 Å². The van der Waals surface area contributed by atoms with E-state index in [1.54, 1.807) is 0 Å². The van der Waals surface area contributed by atoms with Gasteiger partial charge in [0.15, 0.2) is 0 Å². The van der Waals surface area contributed by atoms with Crippen LogP contribution in [-0.2, 0) is 4.79 Å². The number of halogens is 1. The van der Waals surface area contributed by atoms with E-state index >= 15 is 0 Å². The third-order valence-corrected chi connectivity index (χ3v) is 4.57. The molecule has 0 bridgehead atoms. The SMILES string of the molecule is CC(C)CC(=O)NC[C@H](c1ccc(Cl)cc1)N1CCN(C)CC1. The smallest absolute Gasteiger partial charge is 0.220 e. The van der Waals surface area contributed by atoms with E-state index in [0.717, 1.165) is 31.2 Å². The first-order valence-corrected chi connectivity index (χ1v) is 8.78. The van der Waals surface area contributed by atoms with Crippen molar-refractivity contribution < 1.29 is 4.79 Å². The molecule has 1 aromatic carbocycles. The quantitative estimate of drug-likeness (QED) is 0.867. The minimum Gasteiger partial charge on any atom is -0.354 e. The van der Waals surface area contributed by atoms with E-state index in [9.17, 15) is 4.79 Å². The maximum atomic E-state index is 12.0. The molecule has 0 radical (unpaired) electrons. The summed E-state index contributed by atoms with van der Waals surface area (Å²) in [5.74, 6) is 0.515. The molecule has 0 aliphatic carbocycles. The Hall–Kier alpha value is -1.10. The molecule has 1 N–H and O–H groups in total. The van der Waals surface area contributed by atoms with Gasteiger partial charge >= 0.3 is 0 Å². The largest absolute Gasteiger partial charge is 0.354 e. The molecule has 1 amide bonds. The second kappa shape index (κ2) is 8.67. The predicted molar refractivity (Wildman–Crippen MR) is 95.7 cm³/mol. The molecule has 1 aliphatic heterocycles. The molecule has 0 aromatic heterocycles. The molecule has 1 fully saturated rings. The second-order valence-electron chi connectivity index (χ2n) is 6.81. The van der Waals surface area contributed by atoms with E-state index in [4.69, 9.17) is 11.6 Å². The van der Waals surface area contributed by atoms with Crippen molar-refractivity contribution in [1.29, 1.82) is 0 Å². The van der Waals surface area contributed by atoms with Crippen molar-refractivity contribution in [1.82, 2.24) is 15.1 Å². The average molecular weight is 338 g/mol. The topological polar surface area (TPSA) is 35.6 Å². The number of hydrogen-bond donors (Lipinski definition) is 1. The van der Waals surface area contributed by atoms with Gasteiger partial charge in [-0.3, -0.25) is 9.69 Å². The lowest BCUT2D eigenvalue weighted by atomic mass is 10.0. The number of nitrogens with zero attached hydrogens (tertiary/aromatic N) is 2. The first kappa shape index (κ1) is 18.2. The van der Waals surface area contributed by atoms with E-state index in [1.807, 2.05) is 12.1 Å². The van der Waals surface area contributed by atoms with Crippen LogP contribution < -0.4 is 5.32 Å². The highest BCUT2D eigenvalue weighted by Gasteiger charge is 2.24. The van der Waals surface area contributed by atoms with Crippen molar-refractivity contribution in [3.63, 3.8) is 0 Å². The normalized spacial score (nSPS) is 18.1. The summed E-state index contributed by atoms with van der Waals surface area (Å²) in [4.78, 5) is 16.8. The zero-order valence-electron chi connectivity index (χ0n) is 14.4. The van der Waals surface area contributed by atoms with Crippen LogP contribution in [0.5, 0.6) is 0 Å². The van der Waals surface area contributed by atoms with Crippen molar-refractivity contribution in [2.45, 2.75) is 26.3 Å². The van der Waals surface area contributed by atoms with Gasteiger partial charge in [-0.15, -0.1) is 0 Å². The molecule has 0 saturated carbocycles. The minimum absolute atomic E-state index is 0.132. The van der Waals surface area contributed by atoms with Crippen LogP contribution in [0.25, 0.3) is 0 Å². The monoisotopic (exact) mass is 337 g/mol. The number of rotatable bonds is 6. The number of carbonyl (C=O) groups is 1. The van der Waals surface area contributed by atoms with Gasteiger partial charge in [0.1, 0.15) is 0 Å². The first-order valence-electron chi connectivity index (χ1n) is 8.40. The fraction of sp³-hybridized carbons (Fsp3) is 0.611. The Kier molecular flexibility index (Phi) is 6.88. The van der Waals surface area contributed by atoms with Crippen molar-refractivity contribution in [3.05, 3.63) is 34.9 Å². The molecule has 2 rings (SSSR count). The number of carbonyl (C=O) groups excluding carboxylic acids is 1. The zero-order chi connectivity index (χ0) is 16.8. The lowest BCUT2D eigenvalue weighted by Crippen LogP contribution is -2.48. The fourth-order valence-electron chi connectivity index (χ4n) is 2.93. The van der Waals surface area contributed by atoms with Crippen LogP contribution >= 0.6 is 11.6 Å². The van der Waals surface area contributed by atoms with Crippen LogP contribution in [0.3, 0.4) is 0 Å². The van der Waals surface area contributed by atoms with Gasteiger partial charge < -0.3 is 10.2 Å². The molecular formula is C18H28ClN3O. The molecule has 1 aromatic rings. The zero-order valence-corrected chi connectivity index (χ0v) is 15.1. The number of benzene rings is 1. The molecule has 0 unspecified atom stereocenters. The fourth-order valence-corrected chi connectivity index (χ4v) is 3.06. The molecular weight excluding hydrogens is 310 g/mol. The van der Waals surface area contributed by atoms with E-state index in [-0.39, 0.29) is 11.9 Å². The Labute approximate surface area is 144 Å². The van der Waals surface area contributed by atoms with Gasteiger partial charge in [0, 0.05) is 44.2 Å². The highest BCUT2D eigenvalue weighted by molar-refractivity contribution is 6.30. The molecule has 5 heteroatoms. The molecule has 1 saturated heterocycles. The van der Waals surface area contributed by atoms with Crippen molar-refractivity contribution in [3.8, 4) is 0 Å². The van der Waals surface area contributed by atoms with Crippen LogP contribution in [0.15, 0.2) is 24.3 Å². The van der Waals surface area contributed by atoms with E-state index < -0.39 is 0 Å². The maximum Gasteiger partial charge on any atom is 0.220 e. The van der Waals surface area contributed by atoms with Crippen LogP contribution in [0.4, 0.5) is 0 Å². The standard InChI is InChI=1S/C18H28ClN3O/c1-14(2)12-18(23)20-13-17(15-4-6-16(19)7-5-15)22-10-8-21(3)9-11-22/h4-7,14,17H,8-13H2,1-3H3,(H,20,23)/t17-/m1/s1. The first-order chi connectivity index (χ1) is 11.0.